The van der Waals surface area contributed by atoms with E-state index in [4.69, 9.17) is 5.73 Å². The molecule has 2 aromatic rings. The molecule has 0 saturated heterocycles. The predicted octanol–water partition coefficient (Wildman–Crippen LogP) is 1.78. The van der Waals surface area contributed by atoms with Crippen molar-refractivity contribution in [3.63, 3.8) is 0 Å². The van der Waals surface area contributed by atoms with Crippen molar-refractivity contribution >= 4 is 16.7 Å². The molecule has 1 aromatic carbocycles. The summed E-state index contributed by atoms with van der Waals surface area (Å²) in [7, 11) is 0. The molecular weight excluding hydrogens is 200 g/mol. The minimum Gasteiger partial charge on any atom is -0.368 e. The standard InChI is InChI=1S/C12H16N4/c1-12(2,13)7-14-11-9-5-3-4-6-10(9)15-8-16-11/h3-6,8H,7,13H2,1-2H3,(H,14,15,16). The van der Waals surface area contributed by atoms with Crippen molar-refractivity contribution in [1.29, 1.82) is 0 Å². The van der Waals surface area contributed by atoms with Crippen LogP contribution in [0.25, 0.3) is 10.9 Å². The summed E-state index contributed by atoms with van der Waals surface area (Å²) in [5.74, 6) is 0.837. The first-order chi connectivity index (χ1) is 7.56. The Kier molecular flexibility index (Phi) is 2.75. The van der Waals surface area contributed by atoms with Crippen LogP contribution in [0, 0.1) is 0 Å². The van der Waals surface area contributed by atoms with Gasteiger partial charge in [0.25, 0.3) is 0 Å². The first-order valence-electron chi connectivity index (χ1n) is 5.29. The molecule has 0 aliphatic heterocycles. The summed E-state index contributed by atoms with van der Waals surface area (Å²) >= 11 is 0. The van der Waals surface area contributed by atoms with Gasteiger partial charge < -0.3 is 11.1 Å². The van der Waals surface area contributed by atoms with Crippen LogP contribution < -0.4 is 11.1 Å². The van der Waals surface area contributed by atoms with E-state index >= 15 is 0 Å². The van der Waals surface area contributed by atoms with Crippen molar-refractivity contribution in [1.82, 2.24) is 9.97 Å². The largest absolute Gasteiger partial charge is 0.368 e. The van der Waals surface area contributed by atoms with Gasteiger partial charge in [-0.2, -0.15) is 0 Å². The lowest BCUT2D eigenvalue weighted by molar-refractivity contribution is 0.549. The van der Waals surface area contributed by atoms with Crippen LogP contribution in [0.5, 0.6) is 0 Å². The molecule has 0 fully saturated rings. The van der Waals surface area contributed by atoms with Gasteiger partial charge in [-0.3, -0.25) is 0 Å². The molecule has 0 aliphatic carbocycles. The van der Waals surface area contributed by atoms with Crippen molar-refractivity contribution in [3.05, 3.63) is 30.6 Å². The number of hydrogen-bond donors (Lipinski definition) is 2. The van der Waals surface area contributed by atoms with Gasteiger partial charge in [0.2, 0.25) is 0 Å². The molecule has 16 heavy (non-hydrogen) atoms. The first kappa shape index (κ1) is 10.8. The van der Waals surface area contributed by atoms with E-state index in [1.807, 2.05) is 38.1 Å². The highest BCUT2D eigenvalue weighted by Gasteiger charge is 2.11. The number of nitrogens with one attached hydrogen (secondary N) is 1. The Morgan fingerprint density at radius 2 is 2.00 bits per heavy atom. The maximum atomic E-state index is 5.92. The van der Waals surface area contributed by atoms with Gasteiger partial charge in [0.05, 0.1) is 5.52 Å². The fourth-order valence-corrected chi connectivity index (χ4v) is 1.46. The number of hydrogen-bond acceptors (Lipinski definition) is 4. The predicted molar refractivity (Wildman–Crippen MR) is 66.3 cm³/mol. The number of anilines is 1. The molecule has 4 nitrogen and oxygen atoms in total. The van der Waals surface area contributed by atoms with Crippen molar-refractivity contribution in [2.24, 2.45) is 5.73 Å². The first-order valence-corrected chi connectivity index (χ1v) is 5.29. The molecule has 0 atom stereocenters. The average Bonchev–Trinajstić information content (AvgIpc) is 2.25. The number of rotatable bonds is 3. The molecule has 3 N–H and O–H groups in total. The molecule has 4 heteroatoms. The van der Waals surface area contributed by atoms with Crippen LogP contribution in [0.1, 0.15) is 13.8 Å². The number of fused-ring (bicyclic) bond motifs is 1. The Hall–Kier alpha value is -1.68. The van der Waals surface area contributed by atoms with Gasteiger partial charge in [0.15, 0.2) is 0 Å². The minimum absolute atomic E-state index is 0.258. The van der Waals surface area contributed by atoms with Crippen molar-refractivity contribution in [3.8, 4) is 0 Å². The number of aromatic nitrogens is 2. The van der Waals surface area contributed by atoms with Gasteiger partial charge in [-0.1, -0.05) is 12.1 Å². The van der Waals surface area contributed by atoms with Crippen molar-refractivity contribution in [2.75, 3.05) is 11.9 Å². The van der Waals surface area contributed by atoms with E-state index in [2.05, 4.69) is 15.3 Å². The van der Waals surface area contributed by atoms with Crippen LogP contribution in [0.15, 0.2) is 30.6 Å². The third-order valence-corrected chi connectivity index (χ3v) is 2.25. The summed E-state index contributed by atoms with van der Waals surface area (Å²) in [5, 5.41) is 4.27. The van der Waals surface area contributed by atoms with Gasteiger partial charge in [0.1, 0.15) is 12.1 Å². The highest BCUT2D eigenvalue weighted by Crippen LogP contribution is 2.18. The Balaban J connectivity index is 2.30. The number of nitrogens with zero attached hydrogens (tertiary/aromatic N) is 2. The topological polar surface area (TPSA) is 63.8 Å². The zero-order valence-electron chi connectivity index (χ0n) is 9.57. The SMILES string of the molecule is CC(C)(N)CNc1ncnc2ccccc12. The Morgan fingerprint density at radius 1 is 1.25 bits per heavy atom. The molecule has 0 bridgehead atoms. The second-order valence-corrected chi connectivity index (χ2v) is 4.58. The highest BCUT2D eigenvalue weighted by molar-refractivity contribution is 5.88. The van der Waals surface area contributed by atoms with Crippen LogP contribution in [-0.2, 0) is 0 Å². The second kappa shape index (κ2) is 4.06. The van der Waals surface area contributed by atoms with Gasteiger partial charge in [-0.25, -0.2) is 9.97 Å². The van der Waals surface area contributed by atoms with Crippen LogP contribution in [-0.4, -0.2) is 22.1 Å². The number of benzene rings is 1. The quantitative estimate of drug-likeness (QED) is 0.821. The van der Waals surface area contributed by atoms with Gasteiger partial charge in [0, 0.05) is 17.5 Å². The van der Waals surface area contributed by atoms with E-state index < -0.39 is 0 Å². The normalized spacial score (nSPS) is 11.7. The molecule has 84 valence electrons. The average molecular weight is 216 g/mol. The van der Waals surface area contributed by atoms with Crippen LogP contribution in [0.2, 0.25) is 0 Å². The summed E-state index contributed by atoms with van der Waals surface area (Å²) in [6, 6.07) is 7.91. The van der Waals surface area contributed by atoms with E-state index in [1.54, 1.807) is 6.33 Å². The summed E-state index contributed by atoms with van der Waals surface area (Å²) < 4.78 is 0. The Labute approximate surface area is 94.9 Å². The van der Waals surface area contributed by atoms with E-state index in [1.165, 1.54) is 0 Å². The van der Waals surface area contributed by atoms with Gasteiger partial charge in [-0.15, -0.1) is 0 Å². The van der Waals surface area contributed by atoms with Crippen LogP contribution in [0.3, 0.4) is 0 Å². The third kappa shape index (κ3) is 2.46. The molecular formula is C12H16N4. The van der Waals surface area contributed by atoms with E-state index in [-0.39, 0.29) is 5.54 Å². The lowest BCUT2D eigenvalue weighted by atomic mass is 10.1. The van der Waals surface area contributed by atoms with Gasteiger partial charge >= 0.3 is 0 Å². The summed E-state index contributed by atoms with van der Waals surface area (Å²) in [6.07, 6.45) is 1.56. The number of para-hydroxylation sites is 1. The van der Waals surface area contributed by atoms with E-state index in [0.29, 0.717) is 6.54 Å². The summed E-state index contributed by atoms with van der Waals surface area (Å²) in [4.78, 5) is 8.44. The van der Waals surface area contributed by atoms with Crippen molar-refractivity contribution < 1.29 is 0 Å². The summed E-state index contributed by atoms with van der Waals surface area (Å²) in [5.41, 5.74) is 6.60. The summed E-state index contributed by atoms with van der Waals surface area (Å²) in [6.45, 7) is 4.63. The highest BCUT2D eigenvalue weighted by atomic mass is 15.0. The van der Waals surface area contributed by atoms with Gasteiger partial charge in [-0.05, 0) is 26.0 Å². The zero-order chi connectivity index (χ0) is 11.6. The van der Waals surface area contributed by atoms with Crippen LogP contribution in [0.4, 0.5) is 5.82 Å². The van der Waals surface area contributed by atoms with E-state index in [0.717, 1.165) is 16.7 Å². The fraction of sp³-hybridized carbons (Fsp3) is 0.333. The monoisotopic (exact) mass is 216 g/mol. The van der Waals surface area contributed by atoms with Crippen molar-refractivity contribution in [2.45, 2.75) is 19.4 Å². The Morgan fingerprint density at radius 3 is 2.75 bits per heavy atom. The molecule has 0 radical (unpaired) electrons. The molecule has 0 saturated carbocycles. The molecule has 1 heterocycles. The molecule has 0 amide bonds. The second-order valence-electron chi connectivity index (χ2n) is 4.58. The molecule has 1 aromatic heterocycles. The Bertz CT molecular complexity index is 482. The lowest BCUT2D eigenvalue weighted by Gasteiger charge is -2.19. The number of nitrogens with two attached hydrogens (primary N) is 1. The third-order valence-electron chi connectivity index (χ3n) is 2.25. The maximum Gasteiger partial charge on any atom is 0.137 e. The minimum atomic E-state index is -0.258. The molecule has 0 unspecified atom stereocenters. The maximum absolute atomic E-state index is 5.92. The lowest BCUT2D eigenvalue weighted by Crippen LogP contribution is -2.39. The zero-order valence-corrected chi connectivity index (χ0v) is 9.57. The molecule has 2 rings (SSSR count). The fourth-order valence-electron chi connectivity index (χ4n) is 1.46. The molecule has 0 aliphatic rings. The van der Waals surface area contributed by atoms with Crippen LogP contribution >= 0.6 is 0 Å². The smallest absolute Gasteiger partial charge is 0.137 e. The van der Waals surface area contributed by atoms with E-state index in [9.17, 15) is 0 Å². The molecule has 0 spiro atoms.